The zero-order chi connectivity index (χ0) is 14.3. The van der Waals surface area contributed by atoms with Gasteiger partial charge in [-0.2, -0.15) is 0 Å². The van der Waals surface area contributed by atoms with E-state index in [1.807, 2.05) is 0 Å². The van der Waals surface area contributed by atoms with Crippen molar-refractivity contribution in [1.29, 1.82) is 0 Å². The number of halogens is 1. The van der Waals surface area contributed by atoms with Crippen molar-refractivity contribution in [1.82, 2.24) is 9.38 Å². The van der Waals surface area contributed by atoms with Crippen LogP contribution in [0, 0.1) is 19.7 Å². The van der Waals surface area contributed by atoms with Gasteiger partial charge in [0.15, 0.2) is 4.96 Å². The molecule has 0 fully saturated rings. The second-order valence-electron chi connectivity index (χ2n) is 4.81. The third-order valence-corrected chi connectivity index (χ3v) is 4.59. The highest BCUT2D eigenvalue weighted by molar-refractivity contribution is 7.17. The van der Waals surface area contributed by atoms with Crippen LogP contribution in [0.1, 0.15) is 16.3 Å². The fraction of sp³-hybridized carbons (Fsp3) is 0.267. The van der Waals surface area contributed by atoms with Crippen molar-refractivity contribution in [2.45, 2.75) is 20.3 Å². The Bertz CT molecular complexity index is 756. The number of rotatable bonds is 3. The summed E-state index contributed by atoms with van der Waals surface area (Å²) in [6.07, 6.45) is 0.755. The number of aromatic nitrogens is 2. The second kappa shape index (κ2) is 5.00. The van der Waals surface area contributed by atoms with E-state index >= 15 is 0 Å². The Kier molecular flexibility index (Phi) is 3.31. The van der Waals surface area contributed by atoms with Gasteiger partial charge in [-0.3, -0.25) is 4.40 Å². The summed E-state index contributed by atoms with van der Waals surface area (Å²) in [6.45, 7) is 4.75. The topological polar surface area (TPSA) is 43.3 Å². The molecule has 2 aromatic heterocycles. The quantitative estimate of drug-likeness (QED) is 0.804. The number of imidazole rings is 1. The molecule has 2 heterocycles. The van der Waals surface area contributed by atoms with Crippen molar-refractivity contribution >= 4 is 16.3 Å². The molecule has 0 radical (unpaired) electrons. The molecular formula is C15H16FN3S. The van der Waals surface area contributed by atoms with Gasteiger partial charge in [0.1, 0.15) is 5.82 Å². The van der Waals surface area contributed by atoms with Gasteiger partial charge >= 0.3 is 0 Å². The Morgan fingerprint density at radius 1 is 1.25 bits per heavy atom. The maximum atomic E-state index is 13.1. The third-order valence-electron chi connectivity index (χ3n) is 3.53. The van der Waals surface area contributed by atoms with Gasteiger partial charge in [0.2, 0.25) is 0 Å². The van der Waals surface area contributed by atoms with Crippen LogP contribution in [0.15, 0.2) is 24.3 Å². The van der Waals surface area contributed by atoms with E-state index in [0.717, 1.165) is 28.3 Å². The Hall–Kier alpha value is -1.72. The molecule has 104 valence electrons. The molecule has 1 aromatic carbocycles. The molecule has 0 aliphatic heterocycles. The number of thiazole rings is 1. The first-order valence-electron chi connectivity index (χ1n) is 6.55. The lowest BCUT2D eigenvalue weighted by Gasteiger charge is -2.05. The molecule has 3 rings (SSSR count). The minimum absolute atomic E-state index is 0.234. The largest absolute Gasteiger partial charge is 0.330 e. The normalized spacial score (nSPS) is 11.4. The number of fused-ring (bicyclic) bond motifs is 1. The molecule has 3 nitrogen and oxygen atoms in total. The highest BCUT2D eigenvalue weighted by atomic mass is 32.1. The molecule has 0 amide bonds. The lowest BCUT2D eigenvalue weighted by atomic mass is 10.1. The fourth-order valence-corrected chi connectivity index (χ4v) is 3.41. The van der Waals surface area contributed by atoms with Crippen molar-refractivity contribution in [2.24, 2.45) is 5.73 Å². The van der Waals surface area contributed by atoms with E-state index in [4.69, 9.17) is 10.7 Å². The molecular weight excluding hydrogens is 273 g/mol. The van der Waals surface area contributed by atoms with Gasteiger partial charge in [0.05, 0.1) is 11.4 Å². The zero-order valence-electron chi connectivity index (χ0n) is 11.5. The number of hydrogen-bond acceptors (Lipinski definition) is 3. The zero-order valence-corrected chi connectivity index (χ0v) is 12.3. The molecule has 0 saturated heterocycles. The van der Waals surface area contributed by atoms with Crippen LogP contribution in [0.5, 0.6) is 0 Å². The average Bonchev–Trinajstić information content (AvgIpc) is 2.90. The molecule has 0 saturated carbocycles. The summed E-state index contributed by atoms with van der Waals surface area (Å²) in [5.74, 6) is -0.234. The SMILES string of the molecule is Cc1sc2nc(-c3ccc(F)cc3)c(CCN)n2c1C. The average molecular weight is 289 g/mol. The van der Waals surface area contributed by atoms with E-state index in [9.17, 15) is 4.39 Å². The van der Waals surface area contributed by atoms with Crippen LogP contribution in [0.4, 0.5) is 4.39 Å². The molecule has 0 aliphatic carbocycles. The van der Waals surface area contributed by atoms with Gasteiger partial charge in [-0.15, -0.1) is 11.3 Å². The van der Waals surface area contributed by atoms with Crippen molar-refractivity contribution in [3.63, 3.8) is 0 Å². The minimum Gasteiger partial charge on any atom is -0.330 e. The van der Waals surface area contributed by atoms with Crippen LogP contribution < -0.4 is 5.73 Å². The summed E-state index contributed by atoms with van der Waals surface area (Å²) in [5.41, 5.74) is 9.89. The van der Waals surface area contributed by atoms with E-state index in [0.29, 0.717) is 6.54 Å². The third kappa shape index (κ3) is 2.03. The molecule has 2 N–H and O–H groups in total. The maximum absolute atomic E-state index is 13.1. The number of hydrogen-bond donors (Lipinski definition) is 1. The Morgan fingerprint density at radius 3 is 2.60 bits per heavy atom. The minimum atomic E-state index is -0.234. The van der Waals surface area contributed by atoms with Crippen LogP contribution >= 0.6 is 11.3 Å². The number of benzene rings is 1. The molecule has 5 heteroatoms. The van der Waals surface area contributed by atoms with Gasteiger partial charge < -0.3 is 5.73 Å². The van der Waals surface area contributed by atoms with Crippen LogP contribution in [-0.2, 0) is 6.42 Å². The Balaban J connectivity index is 2.24. The van der Waals surface area contributed by atoms with Gasteiger partial charge in [-0.25, -0.2) is 9.37 Å². The molecule has 0 bridgehead atoms. The summed E-state index contributed by atoms with van der Waals surface area (Å²) in [6, 6.07) is 6.47. The summed E-state index contributed by atoms with van der Waals surface area (Å²) in [7, 11) is 0. The lowest BCUT2D eigenvalue weighted by molar-refractivity contribution is 0.628. The predicted octanol–water partition coefficient (Wildman–Crippen LogP) is 3.32. The predicted molar refractivity (Wildman–Crippen MR) is 80.7 cm³/mol. The smallest absolute Gasteiger partial charge is 0.194 e. The van der Waals surface area contributed by atoms with E-state index < -0.39 is 0 Å². The van der Waals surface area contributed by atoms with Gasteiger partial charge in [0.25, 0.3) is 0 Å². The molecule has 3 aromatic rings. The second-order valence-corrected chi connectivity index (χ2v) is 6.00. The maximum Gasteiger partial charge on any atom is 0.194 e. The van der Waals surface area contributed by atoms with Crippen LogP contribution in [-0.4, -0.2) is 15.9 Å². The number of nitrogens with two attached hydrogens (primary N) is 1. The van der Waals surface area contributed by atoms with Gasteiger partial charge in [0, 0.05) is 22.6 Å². The Morgan fingerprint density at radius 2 is 1.95 bits per heavy atom. The molecule has 20 heavy (non-hydrogen) atoms. The van der Waals surface area contributed by atoms with Crippen molar-refractivity contribution in [2.75, 3.05) is 6.54 Å². The number of aryl methyl sites for hydroxylation is 2. The summed E-state index contributed by atoms with van der Waals surface area (Å²) in [4.78, 5) is 6.95. The Labute approximate surface area is 120 Å². The van der Waals surface area contributed by atoms with Crippen LogP contribution in [0.2, 0.25) is 0 Å². The van der Waals surface area contributed by atoms with E-state index in [2.05, 4.69) is 18.2 Å². The molecule has 0 spiro atoms. The molecule has 0 atom stereocenters. The molecule has 0 unspecified atom stereocenters. The summed E-state index contributed by atoms with van der Waals surface area (Å²) >= 11 is 1.67. The van der Waals surface area contributed by atoms with Gasteiger partial charge in [-0.1, -0.05) is 0 Å². The summed E-state index contributed by atoms with van der Waals surface area (Å²) in [5, 5.41) is 0. The highest BCUT2D eigenvalue weighted by Gasteiger charge is 2.17. The van der Waals surface area contributed by atoms with E-state index in [-0.39, 0.29) is 5.82 Å². The first kappa shape index (κ1) is 13.3. The van der Waals surface area contributed by atoms with Crippen molar-refractivity contribution in [3.8, 4) is 11.3 Å². The highest BCUT2D eigenvalue weighted by Crippen LogP contribution is 2.31. The van der Waals surface area contributed by atoms with E-state index in [1.165, 1.54) is 22.7 Å². The lowest BCUT2D eigenvalue weighted by Crippen LogP contribution is -2.06. The van der Waals surface area contributed by atoms with Crippen molar-refractivity contribution < 1.29 is 4.39 Å². The standard InChI is InChI=1S/C15H16FN3S/c1-9-10(2)20-15-18-14(13(7-8-17)19(9)15)11-3-5-12(16)6-4-11/h3-6H,7-8,17H2,1-2H3. The number of nitrogens with zero attached hydrogens (tertiary/aromatic N) is 2. The monoisotopic (exact) mass is 289 g/mol. The summed E-state index contributed by atoms with van der Waals surface area (Å²) < 4.78 is 15.2. The molecule has 0 aliphatic rings. The first-order chi connectivity index (χ1) is 9.61. The fourth-order valence-electron chi connectivity index (χ4n) is 2.42. The van der Waals surface area contributed by atoms with Crippen LogP contribution in [0.25, 0.3) is 16.2 Å². The first-order valence-corrected chi connectivity index (χ1v) is 7.36. The van der Waals surface area contributed by atoms with E-state index in [1.54, 1.807) is 23.5 Å². The van der Waals surface area contributed by atoms with Crippen molar-refractivity contribution in [3.05, 3.63) is 46.3 Å². The van der Waals surface area contributed by atoms with Gasteiger partial charge in [-0.05, 0) is 44.7 Å². The van der Waals surface area contributed by atoms with Crippen LogP contribution in [0.3, 0.4) is 0 Å².